The predicted octanol–water partition coefficient (Wildman–Crippen LogP) is 2.49. The van der Waals surface area contributed by atoms with Crippen LogP contribution in [0.4, 0.5) is 0 Å². The molecular weight excluding hydrogens is 172 g/mol. The molecule has 2 aromatic rings. The third-order valence-electron chi connectivity index (χ3n) is 3.03. The first-order valence-corrected chi connectivity index (χ1v) is 5.01. The molecule has 0 spiro atoms. The fraction of sp³-hybridized carbons (Fsp3) is 0.250. The Hall–Kier alpha value is -1.57. The van der Waals surface area contributed by atoms with Crippen molar-refractivity contribution in [3.63, 3.8) is 0 Å². The number of hydrogen-bond acceptors (Lipinski definition) is 1. The first-order valence-electron chi connectivity index (χ1n) is 5.01. The Labute approximate surface area is 83.0 Å². The van der Waals surface area contributed by atoms with Crippen LogP contribution in [0.5, 0.6) is 0 Å². The summed E-state index contributed by atoms with van der Waals surface area (Å²) >= 11 is 0. The third kappa shape index (κ3) is 1.07. The molecule has 2 heteroatoms. The Balaban J connectivity index is 2.06. The van der Waals surface area contributed by atoms with Crippen LogP contribution in [-0.2, 0) is 6.42 Å². The molecule has 0 unspecified atom stereocenters. The van der Waals surface area contributed by atoms with Crippen LogP contribution in [0.25, 0.3) is 0 Å². The lowest BCUT2D eigenvalue weighted by Gasteiger charge is -2.08. The van der Waals surface area contributed by atoms with E-state index in [0.717, 1.165) is 0 Å². The van der Waals surface area contributed by atoms with E-state index in [1.54, 1.807) is 6.33 Å². The number of aromatic amines is 1. The number of benzene rings is 1. The zero-order chi connectivity index (χ0) is 9.38. The van der Waals surface area contributed by atoms with Gasteiger partial charge >= 0.3 is 0 Å². The summed E-state index contributed by atoms with van der Waals surface area (Å²) in [6.07, 6.45) is 6.10. The van der Waals surface area contributed by atoms with Crippen LogP contribution in [0.1, 0.15) is 29.2 Å². The molecule has 1 aliphatic carbocycles. The molecule has 0 aliphatic heterocycles. The van der Waals surface area contributed by atoms with E-state index in [1.807, 2.05) is 6.20 Å². The van der Waals surface area contributed by atoms with E-state index in [-0.39, 0.29) is 0 Å². The van der Waals surface area contributed by atoms with Gasteiger partial charge in [-0.3, -0.25) is 0 Å². The quantitative estimate of drug-likeness (QED) is 0.724. The summed E-state index contributed by atoms with van der Waals surface area (Å²) < 4.78 is 0. The van der Waals surface area contributed by atoms with Gasteiger partial charge in [-0.1, -0.05) is 24.3 Å². The van der Waals surface area contributed by atoms with Crippen LogP contribution < -0.4 is 0 Å². The molecule has 1 aromatic carbocycles. The summed E-state index contributed by atoms with van der Waals surface area (Å²) in [5, 5.41) is 0. The lowest BCUT2D eigenvalue weighted by molar-refractivity contribution is 0.767. The van der Waals surface area contributed by atoms with Crippen molar-refractivity contribution in [2.24, 2.45) is 0 Å². The SMILES string of the molecule is c1ccc2c(c1)CC[C@H]2c1cnc[nH]1. The number of rotatable bonds is 1. The second-order valence-electron chi connectivity index (χ2n) is 3.80. The molecule has 1 heterocycles. The molecule has 2 nitrogen and oxygen atoms in total. The van der Waals surface area contributed by atoms with E-state index in [0.29, 0.717) is 5.92 Å². The van der Waals surface area contributed by atoms with Gasteiger partial charge in [0.05, 0.1) is 6.33 Å². The van der Waals surface area contributed by atoms with E-state index < -0.39 is 0 Å². The van der Waals surface area contributed by atoms with Gasteiger partial charge in [0.25, 0.3) is 0 Å². The number of fused-ring (bicyclic) bond motifs is 1. The number of aryl methyl sites for hydroxylation is 1. The van der Waals surface area contributed by atoms with Crippen LogP contribution in [0.15, 0.2) is 36.8 Å². The number of H-pyrrole nitrogens is 1. The highest BCUT2D eigenvalue weighted by Crippen LogP contribution is 2.36. The third-order valence-corrected chi connectivity index (χ3v) is 3.03. The number of nitrogens with zero attached hydrogens (tertiary/aromatic N) is 1. The minimum absolute atomic E-state index is 0.536. The van der Waals surface area contributed by atoms with Crippen molar-refractivity contribution in [1.29, 1.82) is 0 Å². The fourth-order valence-electron chi connectivity index (χ4n) is 2.34. The Morgan fingerprint density at radius 2 is 2.21 bits per heavy atom. The number of aromatic nitrogens is 2. The maximum atomic E-state index is 4.08. The first-order chi connectivity index (χ1) is 6.95. The van der Waals surface area contributed by atoms with E-state index in [2.05, 4.69) is 34.2 Å². The fourth-order valence-corrected chi connectivity index (χ4v) is 2.34. The minimum atomic E-state index is 0.536. The zero-order valence-electron chi connectivity index (χ0n) is 7.90. The molecule has 1 atom stereocenters. The normalized spacial score (nSPS) is 19.6. The summed E-state index contributed by atoms with van der Waals surface area (Å²) in [4.78, 5) is 7.29. The van der Waals surface area contributed by atoms with E-state index in [9.17, 15) is 0 Å². The van der Waals surface area contributed by atoms with Crippen LogP contribution in [-0.4, -0.2) is 9.97 Å². The van der Waals surface area contributed by atoms with Crippen LogP contribution in [0.3, 0.4) is 0 Å². The van der Waals surface area contributed by atoms with Crippen LogP contribution in [0.2, 0.25) is 0 Å². The predicted molar refractivity (Wildman–Crippen MR) is 55.2 cm³/mol. The van der Waals surface area contributed by atoms with Crippen molar-refractivity contribution in [3.05, 3.63) is 53.6 Å². The average molecular weight is 184 g/mol. The summed E-state index contributed by atoms with van der Waals surface area (Å²) in [5.41, 5.74) is 4.21. The van der Waals surface area contributed by atoms with Crippen LogP contribution in [0, 0.1) is 0 Å². The van der Waals surface area contributed by atoms with Crippen molar-refractivity contribution < 1.29 is 0 Å². The first kappa shape index (κ1) is 7.80. The maximum Gasteiger partial charge on any atom is 0.0921 e. The molecule has 0 radical (unpaired) electrons. The second-order valence-corrected chi connectivity index (χ2v) is 3.80. The highest BCUT2D eigenvalue weighted by Gasteiger charge is 2.23. The molecule has 0 fully saturated rings. The standard InChI is InChI=1S/C12H12N2/c1-2-4-10-9(3-1)5-6-11(10)12-7-13-8-14-12/h1-4,7-8,11H,5-6H2,(H,13,14)/t11-/m1/s1. The van der Waals surface area contributed by atoms with Gasteiger partial charge in [-0.05, 0) is 24.0 Å². The minimum Gasteiger partial charge on any atom is -0.348 e. The maximum absolute atomic E-state index is 4.08. The topological polar surface area (TPSA) is 28.7 Å². The zero-order valence-corrected chi connectivity index (χ0v) is 7.90. The van der Waals surface area contributed by atoms with Gasteiger partial charge in [0.2, 0.25) is 0 Å². The van der Waals surface area contributed by atoms with Gasteiger partial charge in [0.15, 0.2) is 0 Å². The molecule has 0 amide bonds. The smallest absolute Gasteiger partial charge is 0.0921 e. The monoisotopic (exact) mass is 184 g/mol. The summed E-state index contributed by atoms with van der Waals surface area (Å²) in [5.74, 6) is 0.536. The average Bonchev–Trinajstić information content (AvgIpc) is 2.85. The second kappa shape index (κ2) is 2.98. The summed E-state index contributed by atoms with van der Waals surface area (Å²) in [7, 11) is 0. The van der Waals surface area contributed by atoms with Crippen LogP contribution >= 0.6 is 0 Å². The molecular formula is C12H12N2. The van der Waals surface area contributed by atoms with E-state index >= 15 is 0 Å². The molecule has 1 aliphatic rings. The van der Waals surface area contributed by atoms with E-state index in [4.69, 9.17) is 0 Å². The molecule has 1 aromatic heterocycles. The highest BCUT2D eigenvalue weighted by atomic mass is 14.9. The van der Waals surface area contributed by atoms with Crippen molar-refractivity contribution >= 4 is 0 Å². The van der Waals surface area contributed by atoms with Gasteiger partial charge in [-0.15, -0.1) is 0 Å². The summed E-state index contributed by atoms with van der Waals surface area (Å²) in [6, 6.07) is 8.70. The molecule has 14 heavy (non-hydrogen) atoms. The lowest BCUT2D eigenvalue weighted by Crippen LogP contribution is -1.95. The molecule has 0 saturated heterocycles. The molecule has 0 bridgehead atoms. The van der Waals surface area contributed by atoms with Gasteiger partial charge in [-0.25, -0.2) is 4.98 Å². The van der Waals surface area contributed by atoms with Gasteiger partial charge in [-0.2, -0.15) is 0 Å². The number of nitrogens with one attached hydrogen (secondary N) is 1. The Bertz CT molecular complexity index is 431. The lowest BCUT2D eigenvalue weighted by atomic mass is 9.99. The number of imidazole rings is 1. The van der Waals surface area contributed by atoms with Gasteiger partial charge < -0.3 is 4.98 Å². The number of hydrogen-bond donors (Lipinski definition) is 1. The Morgan fingerprint density at radius 3 is 3.07 bits per heavy atom. The van der Waals surface area contributed by atoms with Crippen molar-refractivity contribution in [1.82, 2.24) is 9.97 Å². The van der Waals surface area contributed by atoms with Crippen molar-refractivity contribution in [2.45, 2.75) is 18.8 Å². The van der Waals surface area contributed by atoms with Crippen molar-refractivity contribution in [3.8, 4) is 0 Å². The summed E-state index contributed by atoms with van der Waals surface area (Å²) in [6.45, 7) is 0. The van der Waals surface area contributed by atoms with Crippen molar-refractivity contribution in [2.75, 3.05) is 0 Å². The molecule has 3 rings (SSSR count). The molecule has 70 valence electrons. The Morgan fingerprint density at radius 1 is 1.29 bits per heavy atom. The Kier molecular flexibility index (Phi) is 1.66. The molecule has 1 N–H and O–H groups in total. The highest BCUT2D eigenvalue weighted by molar-refractivity contribution is 5.39. The largest absolute Gasteiger partial charge is 0.348 e. The van der Waals surface area contributed by atoms with Gasteiger partial charge in [0, 0.05) is 17.8 Å². The van der Waals surface area contributed by atoms with E-state index in [1.165, 1.54) is 29.7 Å². The molecule has 0 saturated carbocycles. The van der Waals surface area contributed by atoms with Gasteiger partial charge in [0.1, 0.15) is 0 Å².